The first kappa shape index (κ1) is 31.7. The van der Waals surface area contributed by atoms with Crippen molar-refractivity contribution in [3.05, 3.63) is 33.1 Å². The van der Waals surface area contributed by atoms with Crippen LogP contribution in [0, 0.1) is 12.3 Å². The number of phosphoric acid groups is 2. The highest BCUT2D eigenvalue weighted by Crippen LogP contribution is 2.61. The summed E-state index contributed by atoms with van der Waals surface area (Å²) >= 11 is 0. The zero-order chi connectivity index (χ0) is 29.1. The summed E-state index contributed by atoms with van der Waals surface area (Å²) < 4.78 is 53.8. The average molecular weight is 604 g/mol. The Kier molecular flexibility index (Phi) is 10.4. The summed E-state index contributed by atoms with van der Waals surface area (Å²) in [4.78, 5) is 44.8. The molecule has 0 amide bonds. The minimum atomic E-state index is -5.61. The highest BCUT2D eigenvalue weighted by Gasteiger charge is 2.49. The highest BCUT2D eigenvalue weighted by atomic mass is 31.3. The molecule has 19 nitrogen and oxygen atoms in total. The van der Waals surface area contributed by atoms with Crippen LogP contribution in [-0.4, -0.2) is 114 Å². The minimum Gasteiger partial charge on any atom is -0.387 e. The van der Waals surface area contributed by atoms with Crippen LogP contribution in [0.4, 0.5) is 0 Å². The summed E-state index contributed by atoms with van der Waals surface area (Å²) in [7, 11) is -11.1. The Hall–Kier alpha value is -1.82. The molecule has 11 atom stereocenters. The molecule has 2 aliphatic heterocycles. The van der Waals surface area contributed by atoms with Crippen molar-refractivity contribution >= 4 is 15.6 Å². The summed E-state index contributed by atoms with van der Waals surface area (Å²) in [6, 6.07) is 0.932. The third kappa shape index (κ3) is 7.89. The number of ether oxygens (including phenoxy) is 3. The van der Waals surface area contributed by atoms with Crippen LogP contribution >= 0.6 is 15.6 Å². The van der Waals surface area contributed by atoms with Gasteiger partial charge >= 0.3 is 21.3 Å². The average Bonchev–Trinajstić information content (AvgIpc) is 3.12. The van der Waals surface area contributed by atoms with Gasteiger partial charge in [-0.05, 0) is 0 Å². The SMILES string of the molecule is C#CCOCC1O[C@@H](OP(=O)(O)OP(=O)(O)OC[C@H]2O[C@@H](n3ccc(=O)[nH]c3=O)C(O)[C@H]2O)C(O)[C@@H](O)[C@H]1O. The van der Waals surface area contributed by atoms with E-state index in [2.05, 4.69) is 19.3 Å². The van der Waals surface area contributed by atoms with Crippen molar-refractivity contribution in [1.29, 1.82) is 0 Å². The van der Waals surface area contributed by atoms with Gasteiger partial charge in [0.15, 0.2) is 12.5 Å². The number of aromatic amines is 1. The largest absolute Gasteiger partial charge is 0.483 e. The third-order valence-electron chi connectivity index (χ3n) is 5.44. The van der Waals surface area contributed by atoms with Crippen LogP contribution in [0.25, 0.3) is 0 Å². The standard InChI is InChI=1S/C18H26N2O17P2/c1-2-5-32-6-8-11(22)13(24)15(26)17(35-8)36-39(30,31)37-38(28,29)33-7-9-12(23)14(25)16(34-9)20-4-3-10(21)19-18(20)27/h1,3-4,8-9,11-17,22-26H,5-7H2,(H,28,29)(H,30,31)(H,19,21,27)/t8?,9-,11+,12+,13+,14?,15?,16-,17+/m1/s1. The Balaban J connectivity index is 1.60. The number of terminal acetylenes is 1. The van der Waals surface area contributed by atoms with Gasteiger partial charge < -0.3 is 49.5 Å². The molecule has 5 unspecified atom stereocenters. The van der Waals surface area contributed by atoms with E-state index >= 15 is 0 Å². The van der Waals surface area contributed by atoms with Crippen molar-refractivity contribution in [3.63, 3.8) is 0 Å². The van der Waals surface area contributed by atoms with E-state index in [1.165, 1.54) is 0 Å². The molecule has 3 heterocycles. The lowest BCUT2D eigenvalue weighted by Gasteiger charge is -2.40. The van der Waals surface area contributed by atoms with E-state index < -0.39 is 95.4 Å². The van der Waals surface area contributed by atoms with Crippen LogP contribution in [-0.2, 0) is 36.7 Å². The fraction of sp³-hybridized carbons (Fsp3) is 0.667. The fourth-order valence-electron chi connectivity index (χ4n) is 3.57. The van der Waals surface area contributed by atoms with Crippen LogP contribution in [0.3, 0.4) is 0 Å². The number of rotatable bonds is 11. The Morgan fingerprint density at radius 2 is 1.59 bits per heavy atom. The van der Waals surface area contributed by atoms with Gasteiger partial charge in [-0.3, -0.25) is 23.4 Å². The molecule has 2 fully saturated rings. The van der Waals surface area contributed by atoms with Gasteiger partial charge in [0, 0.05) is 12.3 Å². The molecular formula is C18H26N2O17P2. The number of aliphatic hydroxyl groups excluding tert-OH is 5. The molecule has 1 aromatic heterocycles. The normalized spacial score (nSPS) is 36.1. The van der Waals surface area contributed by atoms with E-state index in [1.807, 2.05) is 4.98 Å². The Labute approximate surface area is 218 Å². The summed E-state index contributed by atoms with van der Waals surface area (Å²) in [5.41, 5.74) is -1.74. The van der Waals surface area contributed by atoms with Crippen LogP contribution in [0.15, 0.2) is 21.9 Å². The van der Waals surface area contributed by atoms with Gasteiger partial charge in [0.05, 0.1) is 13.2 Å². The Morgan fingerprint density at radius 3 is 2.23 bits per heavy atom. The molecule has 0 aliphatic carbocycles. The number of nitrogens with one attached hydrogen (secondary N) is 1. The number of hydrogen-bond acceptors (Lipinski definition) is 15. The minimum absolute atomic E-state index is 0.220. The summed E-state index contributed by atoms with van der Waals surface area (Å²) in [5, 5.41) is 50.3. The molecule has 0 bridgehead atoms. The van der Waals surface area contributed by atoms with Crippen molar-refractivity contribution in [1.82, 2.24) is 9.55 Å². The lowest BCUT2D eigenvalue weighted by molar-refractivity contribution is -0.282. The third-order valence-corrected chi connectivity index (χ3v) is 8.04. The van der Waals surface area contributed by atoms with E-state index in [4.69, 9.17) is 20.6 Å². The molecule has 0 spiro atoms. The van der Waals surface area contributed by atoms with Gasteiger partial charge in [0.25, 0.3) is 5.56 Å². The van der Waals surface area contributed by atoms with Crippen LogP contribution < -0.4 is 11.2 Å². The van der Waals surface area contributed by atoms with Crippen molar-refractivity contribution in [2.75, 3.05) is 19.8 Å². The lowest BCUT2D eigenvalue weighted by Crippen LogP contribution is -2.59. The van der Waals surface area contributed by atoms with Crippen LogP contribution in [0.2, 0.25) is 0 Å². The fourth-order valence-corrected chi connectivity index (χ4v) is 5.73. The molecular weight excluding hydrogens is 578 g/mol. The first-order valence-corrected chi connectivity index (χ1v) is 13.9. The number of hydrogen-bond donors (Lipinski definition) is 8. The molecule has 2 aliphatic rings. The second kappa shape index (κ2) is 12.8. The predicted molar refractivity (Wildman–Crippen MR) is 121 cm³/mol. The first-order valence-electron chi connectivity index (χ1n) is 10.9. The van der Waals surface area contributed by atoms with E-state index in [1.54, 1.807) is 0 Å². The van der Waals surface area contributed by atoms with Gasteiger partial charge in [-0.25, -0.2) is 13.9 Å². The van der Waals surface area contributed by atoms with E-state index in [0.717, 1.165) is 16.8 Å². The van der Waals surface area contributed by atoms with Crippen molar-refractivity contribution in [3.8, 4) is 12.3 Å². The zero-order valence-electron chi connectivity index (χ0n) is 19.6. The number of aromatic nitrogens is 2. The maximum atomic E-state index is 12.3. The zero-order valence-corrected chi connectivity index (χ0v) is 21.4. The number of H-pyrrole nitrogens is 1. The van der Waals surface area contributed by atoms with E-state index in [-0.39, 0.29) is 6.61 Å². The number of nitrogens with zero attached hydrogens (tertiary/aromatic N) is 1. The molecule has 21 heteroatoms. The van der Waals surface area contributed by atoms with Gasteiger partial charge in [-0.1, -0.05) is 5.92 Å². The summed E-state index contributed by atoms with van der Waals surface area (Å²) in [6.07, 6.45) is -10.1. The lowest BCUT2D eigenvalue weighted by atomic mass is 9.99. The predicted octanol–water partition coefficient (Wildman–Crippen LogP) is -4.14. The molecule has 1 aromatic rings. The Bertz CT molecular complexity index is 1250. The molecule has 220 valence electrons. The molecule has 0 saturated carbocycles. The molecule has 2 saturated heterocycles. The van der Waals surface area contributed by atoms with Crippen LogP contribution in [0.5, 0.6) is 0 Å². The highest BCUT2D eigenvalue weighted by molar-refractivity contribution is 7.61. The number of aliphatic hydroxyl groups is 5. The Morgan fingerprint density at radius 1 is 0.949 bits per heavy atom. The topological polar surface area (TPSA) is 286 Å². The second-order valence-electron chi connectivity index (χ2n) is 8.22. The molecule has 39 heavy (non-hydrogen) atoms. The smallest absolute Gasteiger partial charge is 0.387 e. The number of phosphoric ester groups is 2. The van der Waals surface area contributed by atoms with Gasteiger partial charge in [0.1, 0.15) is 49.3 Å². The quantitative estimate of drug-likeness (QED) is 0.0676. The molecule has 3 rings (SSSR count). The summed E-state index contributed by atoms with van der Waals surface area (Å²) in [6.45, 7) is -1.68. The van der Waals surface area contributed by atoms with Crippen LogP contribution in [0.1, 0.15) is 6.23 Å². The molecule has 0 aromatic carbocycles. The van der Waals surface area contributed by atoms with Gasteiger partial charge in [0.2, 0.25) is 0 Å². The summed E-state index contributed by atoms with van der Waals surface area (Å²) in [5.74, 6) is 2.12. The van der Waals surface area contributed by atoms with E-state index in [0.29, 0.717) is 0 Å². The monoisotopic (exact) mass is 604 g/mol. The second-order valence-corrected chi connectivity index (χ2v) is 11.2. The maximum absolute atomic E-state index is 12.3. The van der Waals surface area contributed by atoms with Crippen molar-refractivity contribution < 1.29 is 72.0 Å². The molecule has 0 radical (unpaired) electrons. The maximum Gasteiger partial charge on any atom is 0.483 e. The van der Waals surface area contributed by atoms with Gasteiger partial charge in [-0.2, -0.15) is 4.31 Å². The van der Waals surface area contributed by atoms with E-state index in [9.17, 15) is 54.0 Å². The van der Waals surface area contributed by atoms with Gasteiger partial charge in [-0.15, -0.1) is 6.42 Å². The van der Waals surface area contributed by atoms with Crippen molar-refractivity contribution in [2.24, 2.45) is 0 Å². The van der Waals surface area contributed by atoms with Crippen molar-refractivity contribution in [2.45, 2.75) is 55.2 Å². The molecule has 8 N–H and O–H groups in total. The first-order chi connectivity index (χ1) is 18.2.